The van der Waals surface area contributed by atoms with E-state index in [0.717, 1.165) is 22.3 Å². The number of halogens is 3. The molecule has 2 aromatic heterocycles. The number of hydrogen-bond acceptors (Lipinski definition) is 8. The first-order valence-electron chi connectivity index (χ1n) is 17.6. The Morgan fingerprint density at radius 3 is 2.07 bits per heavy atom. The van der Waals surface area contributed by atoms with Gasteiger partial charge in [-0.1, -0.05) is 42.5 Å². The normalized spacial score (nSPS) is 17.6. The Kier molecular flexibility index (Phi) is 10.4. The summed E-state index contributed by atoms with van der Waals surface area (Å²) in [6.07, 6.45) is 0.313. The summed E-state index contributed by atoms with van der Waals surface area (Å²) in [4.78, 5) is 32.0. The summed E-state index contributed by atoms with van der Waals surface area (Å²) in [6, 6.07) is 22.1. The molecule has 5 aromatic rings. The minimum atomic E-state index is -4.39. The summed E-state index contributed by atoms with van der Waals surface area (Å²) in [5.74, 6) is -1.53. The van der Waals surface area contributed by atoms with Crippen molar-refractivity contribution in [2.45, 2.75) is 49.8 Å². The molecule has 2 aliphatic rings. The van der Waals surface area contributed by atoms with Crippen molar-refractivity contribution in [1.82, 2.24) is 9.97 Å². The molecule has 4 N–H and O–H groups in total. The SMILES string of the molecule is O=C(O)c1ccncc1NCC1CCOc2cc(CCC(F)(F)F)c(C3C[C@H](CNc4cnccc4C(=O)O)c4ccc(-c5ccccc5)cc4O3)cc21. The summed E-state index contributed by atoms with van der Waals surface area (Å²) < 4.78 is 53.9. The van der Waals surface area contributed by atoms with Gasteiger partial charge in [0.05, 0.1) is 41.5 Å². The van der Waals surface area contributed by atoms with Crippen LogP contribution in [0.1, 0.15) is 80.2 Å². The van der Waals surface area contributed by atoms with Gasteiger partial charge in [0.25, 0.3) is 0 Å². The van der Waals surface area contributed by atoms with Gasteiger partial charge in [-0.05, 0) is 83.0 Å². The van der Waals surface area contributed by atoms with Gasteiger partial charge < -0.3 is 30.3 Å². The molecule has 3 aromatic carbocycles. The molecule has 7 rings (SSSR count). The minimum Gasteiger partial charge on any atom is -0.493 e. The van der Waals surface area contributed by atoms with Crippen molar-refractivity contribution in [3.05, 3.63) is 131 Å². The van der Waals surface area contributed by atoms with Crippen LogP contribution in [0.4, 0.5) is 24.5 Å². The standard InChI is InChI=1S/C41H37F3N4O6/c42-41(43,44)12-8-26-17-36-33(27(11-15-53-36)20-47-34-22-45-13-9-30(34)39(49)50)19-32(26)38-18-28(21-48-35-23-46-14-10-31(35)40(51)52)29-7-6-25(16-37(29)54-38)24-4-2-1-3-5-24/h1-7,9-10,13-14,16-17,19,22-23,27-28,38,47-48H,8,11-12,15,18,20-21H2,(H,49,50)(H,51,52)/t27?,28-,38?/m1/s1. The zero-order valence-electron chi connectivity index (χ0n) is 29.0. The Bertz CT molecular complexity index is 2160. The fraction of sp³-hybridized carbons (Fsp3) is 0.268. The maximum atomic E-state index is 13.7. The molecule has 4 heterocycles. The molecule has 278 valence electrons. The molecule has 0 aliphatic carbocycles. The van der Waals surface area contributed by atoms with Crippen LogP contribution in [0.3, 0.4) is 0 Å². The fourth-order valence-corrected chi connectivity index (χ4v) is 7.24. The van der Waals surface area contributed by atoms with E-state index in [9.17, 15) is 33.0 Å². The van der Waals surface area contributed by atoms with Crippen LogP contribution in [0.2, 0.25) is 0 Å². The Morgan fingerprint density at radius 1 is 0.759 bits per heavy atom. The Labute approximate surface area is 309 Å². The molecule has 3 atom stereocenters. The number of alkyl halides is 3. The topological polar surface area (TPSA) is 143 Å². The number of nitrogens with zero attached hydrogens (tertiary/aromatic N) is 2. The Hall–Kier alpha value is -6.11. The van der Waals surface area contributed by atoms with E-state index in [1.165, 1.54) is 36.9 Å². The average molecular weight is 739 g/mol. The van der Waals surface area contributed by atoms with Crippen molar-refractivity contribution in [2.75, 3.05) is 30.3 Å². The maximum Gasteiger partial charge on any atom is 0.389 e. The first kappa shape index (κ1) is 36.3. The van der Waals surface area contributed by atoms with Crippen LogP contribution in [0.5, 0.6) is 11.5 Å². The molecule has 0 fully saturated rings. The Morgan fingerprint density at radius 2 is 1.43 bits per heavy atom. The van der Waals surface area contributed by atoms with E-state index in [1.807, 2.05) is 54.6 Å². The van der Waals surface area contributed by atoms with E-state index in [-0.39, 0.29) is 29.4 Å². The molecule has 2 unspecified atom stereocenters. The summed E-state index contributed by atoms with van der Waals surface area (Å²) >= 11 is 0. The monoisotopic (exact) mass is 738 g/mol. The Balaban J connectivity index is 1.27. The minimum absolute atomic E-state index is 0.0683. The number of aryl methyl sites for hydroxylation is 1. The highest BCUT2D eigenvalue weighted by Gasteiger charge is 2.35. The van der Waals surface area contributed by atoms with E-state index < -0.39 is 30.6 Å². The van der Waals surface area contributed by atoms with Crippen LogP contribution in [0.25, 0.3) is 11.1 Å². The van der Waals surface area contributed by atoms with Crippen molar-refractivity contribution in [3.63, 3.8) is 0 Å². The summed E-state index contributed by atoms with van der Waals surface area (Å²) in [6.45, 7) is 0.979. The third-order valence-electron chi connectivity index (χ3n) is 9.97. The number of rotatable bonds is 12. The number of ether oxygens (including phenoxy) is 2. The van der Waals surface area contributed by atoms with Crippen LogP contribution < -0.4 is 20.1 Å². The number of hydrogen-bond donors (Lipinski definition) is 4. The lowest BCUT2D eigenvalue weighted by molar-refractivity contribution is -0.134. The average Bonchev–Trinajstić information content (AvgIpc) is 3.17. The number of fused-ring (bicyclic) bond motifs is 2. The summed E-state index contributed by atoms with van der Waals surface area (Å²) in [5.41, 5.74) is 5.45. The van der Waals surface area contributed by atoms with Crippen LogP contribution in [-0.4, -0.2) is 58.0 Å². The van der Waals surface area contributed by atoms with Gasteiger partial charge in [-0.3, -0.25) is 9.97 Å². The molecule has 54 heavy (non-hydrogen) atoms. The first-order chi connectivity index (χ1) is 26.0. The van der Waals surface area contributed by atoms with Gasteiger partial charge >= 0.3 is 18.1 Å². The highest BCUT2D eigenvalue weighted by Crippen LogP contribution is 2.47. The summed E-state index contributed by atoms with van der Waals surface area (Å²) in [5, 5.41) is 25.9. The van der Waals surface area contributed by atoms with Crippen LogP contribution in [0, 0.1) is 0 Å². The number of anilines is 2. The highest BCUT2D eigenvalue weighted by molar-refractivity contribution is 5.94. The van der Waals surface area contributed by atoms with E-state index in [2.05, 4.69) is 20.6 Å². The number of aromatic carboxylic acids is 2. The largest absolute Gasteiger partial charge is 0.493 e. The van der Waals surface area contributed by atoms with E-state index in [4.69, 9.17) is 9.47 Å². The second-order valence-electron chi connectivity index (χ2n) is 13.4. The second-order valence-corrected chi connectivity index (χ2v) is 13.4. The number of aromatic nitrogens is 2. The number of pyridine rings is 2. The predicted molar refractivity (Wildman–Crippen MR) is 196 cm³/mol. The van der Waals surface area contributed by atoms with Gasteiger partial charge in [0.1, 0.15) is 17.6 Å². The first-order valence-corrected chi connectivity index (χ1v) is 17.6. The van der Waals surface area contributed by atoms with Gasteiger partial charge in [0.15, 0.2) is 0 Å². The lowest BCUT2D eigenvalue weighted by atomic mass is 9.82. The third-order valence-corrected chi connectivity index (χ3v) is 9.97. The maximum absolute atomic E-state index is 13.7. The fourth-order valence-electron chi connectivity index (χ4n) is 7.24. The second kappa shape index (κ2) is 15.5. The van der Waals surface area contributed by atoms with E-state index in [0.29, 0.717) is 66.5 Å². The smallest absolute Gasteiger partial charge is 0.389 e. The lowest BCUT2D eigenvalue weighted by Crippen LogP contribution is -2.27. The molecule has 0 amide bonds. The zero-order chi connectivity index (χ0) is 37.8. The number of carboxylic acids is 2. The van der Waals surface area contributed by atoms with Crippen LogP contribution in [-0.2, 0) is 6.42 Å². The van der Waals surface area contributed by atoms with Crippen molar-refractivity contribution in [2.24, 2.45) is 0 Å². The van der Waals surface area contributed by atoms with Gasteiger partial charge in [-0.2, -0.15) is 13.2 Å². The molecular formula is C41H37F3N4O6. The number of carbonyl (C=O) groups is 2. The van der Waals surface area contributed by atoms with Crippen LogP contribution in [0.15, 0.2) is 97.6 Å². The molecule has 0 saturated carbocycles. The molecule has 13 heteroatoms. The van der Waals surface area contributed by atoms with Crippen LogP contribution >= 0.6 is 0 Å². The molecule has 0 spiro atoms. The zero-order valence-corrected chi connectivity index (χ0v) is 29.0. The quantitative estimate of drug-likeness (QED) is 0.0982. The van der Waals surface area contributed by atoms with E-state index >= 15 is 0 Å². The lowest BCUT2D eigenvalue weighted by Gasteiger charge is -2.35. The van der Waals surface area contributed by atoms with Gasteiger partial charge in [-0.25, -0.2) is 9.59 Å². The molecule has 10 nitrogen and oxygen atoms in total. The number of benzene rings is 3. The van der Waals surface area contributed by atoms with E-state index in [1.54, 1.807) is 6.07 Å². The molecule has 0 radical (unpaired) electrons. The number of carboxylic acid groups (broad SMARTS) is 2. The number of nitrogens with one attached hydrogen (secondary N) is 2. The van der Waals surface area contributed by atoms with Crippen molar-refractivity contribution >= 4 is 23.3 Å². The van der Waals surface area contributed by atoms with Gasteiger partial charge in [0.2, 0.25) is 0 Å². The third kappa shape index (κ3) is 8.09. The van der Waals surface area contributed by atoms with Gasteiger partial charge in [-0.15, -0.1) is 0 Å². The molecule has 2 aliphatic heterocycles. The highest BCUT2D eigenvalue weighted by atomic mass is 19.4. The molecule has 0 saturated heterocycles. The molecule has 0 bridgehead atoms. The molecular weight excluding hydrogens is 701 g/mol. The van der Waals surface area contributed by atoms with Crippen molar-refractivity contribution < 1.29 is 42.4 Å². The van der Waals surface area contributed by atoms with Crippen molar-refractivity contribution in [3.8, 4) is 22.6 Å². The van der Waals surface area contributed by atoms with Crippen molar-refractivity contribution in [1.29, 1.82) is 0 Å². The van der Waals surface area contributed by atoms with Gasteiger partial charge in [0, 0.05) is 43.7 Å². The predicted octanol–water partition coefficient (Wildman–Crippen LogP) is 8.73. The summed E-state index contributed by atoms with van der Waals surface area (Å²) in [7, 11) is 0.